The lowest BCUT2D eigenvalue weighted by molar-refractivity contribution is 0.0211. The molecule has 31 heavy (non-hydrogen) atoms. The molecule has 1 saturated carbocycles. The molecule has 0 bridgehead atoms. The predicted octanol–water partition coefficient (Wildman–Crippen LogP) is 5.64. The number of carbonyl (C=O) groups excluding carboxylic acids is 2. The van der Waals surface area contributed by atoms with E-state index in [0.717, 1.165) is 42.3 Å². The van der Waals surface area contributed by atoms with E-state index in [-0.39, 0.29) is 18.7 Å². The Balaban J connectivity index is 1.56. The Bertz CT molecular complexity index is 1070. The van der Waals surface area contributed by atoms with Gasteiger partial charge in [-0.25, -0.2) is 9.59 Å². The summed E-state index contributed by atoms with van der Waals surface area (Å²) in [6, 6.07) is 14.7. The highest BCUT2D eigenvalue weighted by Crippen LogP contribution is 2.30. The zero-order valence-corrected chi connectivity index (χ0v) is 17.6. The number of benzene rings is 2. The Hall–Kier alpha value is -3.41. The van der Waals surface area contributed by atoms with E-state index >= 15 is 0 Å². The van der Waals surface area contributed by atoms with Gasteiger partial charge in [0, 0.05) is 17.3 Å². The van der Waals surface area contributed by atoms with Crippen LogP contribution in [0.4, 0.5) is 11.4 Å². The van der Waals surface area contributed by atoms with E-state index in [1.807, 2.05) is 36.4 Å². The number of pyridine rings is 1. The third-order valence-electron chi connectivity index (χ3n) is 5.49. The van der Waals surface area contributed by atoms with E-state index in [1.165, 1.54) is 12.6 Å². The number of carbonyl (C=O) groups is 2. The summed E-state index contributed by atoms with van der Waals surface area (Å²) < 4.78 is 10.8. The fourth-order valence-corrected chi connectivity index (χ4v) is 3.88. The van der Waals surface area contributed by atoms with Crippen molar-refractivity contribution in [3.63, 3.8) is 0 Å². The lowest BCUT2D eigenvalue weighted by Gasteiger charge is -2.21. The van der Waals surface area contributed by atoms with Gasteiger partial charge in [-0.2, -0.15) is 0 Å². The third-order valence-corrected chi connectivity index (χ3v) is 5.49. The lowest BCUT2D eigenvalue weighted by atomic mass is 9.98. The number of hydrogen-bond acceptors (Lipinski definition) is 6. The van der Waals surface area contributed by atoms with Crippen LogP contribution in [0.25, 0.3) is 10.9 Å². The van der Waals surface area contributed by atoms with Crippen molar-refractivity contribution in [1.82, 2.24) is 4.98 Å². The molecule has 1 heterocycles. The van der Waals surface area contributed by atoms with Crippen molar-refractivity contribution < 1.29 is 19.1 Å². The van der Waals surface area contributed by atoms with Crippen molar-refractivity contribution in [3.8, 4) is 0 Å². The van der Waals surface area contributed by atoms with E-state index < -0.39 is 5.97 Å². The molecule has 0 aliphatic heterocycles. The molecule has 3 aromatic rings. The van der Waals surface area contributed by atoms with Crippen molar-refractivity contribution in [2.45, 2.75) is 45.1 Å². The highest BCUT2D eigenvalue weighted by atomic mass is 16.5. The van der Waals surface area contributed by atoms with Crippen LogP contribution in [0.2, 0.25) is 0 Å². The van der Waals surface area contributed by atoms with Crippen LogP contribution in [0, 0.1) is 0 Å². The first kappa shape index (κ1) is 20.8. The number of esters is 2. The summed E-state index contributed by atoms with van der Waals surface area (Å²) in [5.41, 5.74) is 3.02. The van der Waals surface area contributed by atoms with Gasteiger partial charge in [-0.05, 0) is 62.9 Å². The molecule has 4 rings (SSSR count). The average molecular weight is 418 g/mol. The van der Waals surface area contributed by atoms with Crippen molar-refractivity contribution in [3.05, 3.63) is 65.9 Å². The predicted molar refractivity (Wildman–Crippen MR) is 120 cm³/mol. The number of anilines is 2. The SMILES string of the molecule is CCOC(=O)c1cnc2ccccc2c1Nc1ccc(C(=O)OC2CCCCC2)cc1. The second-order valence-electron chi connectivity index (χ2n) is 7.65. The summed E-state index contributed by atoms with van der Waals surface area (Å²) in [5.74, 6) is -0.726. The number of nitrogens with one attached hydrogen (secondary N) is 1. The van der Waals surface area contributed by atoms with Crippen LogP contribution in [-0.2, 0) is 9.47 Å². The molecule has 0 atom stereocenters. The lowest BCUT2D eigenvalue weighted by Crippen LogP contribution is -2.20. The Kier molecular flexibility index (Phi) is 6.46. The maximum Gasteiger partial charge on any atom is 0.341 e. The first-order chi connectivity index (χ1) is 15.2. The summed E-state index contributed by atoms with van der Waals surface area (Å²) in [5, 5.41) is 4.12. The van der Waals surface area contributed by atoms with Gasteiger partial charge in [0.1, 0.15) is 11.7 Å². The first-order valence-corrected chi connectivity index (χ1v) is 10.8. The minimum atomic E-state index is -0.434. The molecule has 6 heteroatoms. The maximum absolute atomic E-state index is 12.5. The second kappa shape index (κ2) is 9.60. The molecule has 1 aliphatic rings. The fraction of sp³-hybridized carbons (Fsp3) is 0.320. The molecular weight excluding hydrogens is 392 g/mol. The third kappa shape index (κ3) is 4.85. The normalized spacial score (nSPS) is 14.2. The van der Waals surface area contributed by atoms with Gasteiger partial charge in [0.05, 0.1) is 23.4 Å². The van der Waals surface area contributed by atoms with Crippen LogP contribution in [-0.4, -0.2) is 29.6 Å². The smallest absolute Gasteiger partial charge is 0.341 e. The standard InChI is InChI=1S/C25H26N2O4/c1-2-30-25(29)21-16-26-22-11-7-6-10-20(22)23(21)27-18-14-12-17(13-15-18)24(28)31-19-8-4-3-5-9-19/h6-7,10-16,19H,2-5,8-9H2,1H3,(H,26,27). The summed E-state index contributed by atoms with van der Waals surface area (Å²) in [7, 11) is 0. The number of ether oxygens (including phenoxy) is 2. The van der Waals surface area contributed by atoms with Gasteiger partial charge in [0.25, 0.3) is 0 Å². The van der Waals surface area contributed by atoms with Gasteiger partial charge in [0.2, 0.25) is 0 Å². The quantitative estimate of drug-likeness (QED) is 0.522. The van der Waals surface area contributed by atoms with Crippen LogP contribution in [0.1, 0.15) is 59.7 Å². The molecule has 6 nitrogen and oxygen atoms in total. The monoisotopic (exact) mass is 418 g/mol. The number of hydrogen-bond donors (Lipinski definition) is 1. The van der Waals surface area contributed by atoms with Crippen LogP contribution >= 0.6 is 0 Å². The number of aromatic nitrogens is 1. The number of rotatable bonds is 6. The van der Waals surface area contributed by atoms with Gasteiger partial charge in [-0.1, -0.05) is 24.6 Å². The molecule has 0 radical (unpaired) electrons. The van der Waals surface area contributed by atoms with Crippen LogP contribution in [0.3, 0.4) is 0 Å². The highest BCUT2D eigenvalue weighted by Gasteiger charge is 2.19. The van der Waals surface area contributed by atoms with E-state index in [2.05, 4.69) is 10.3 Å². The largest absolute Gasteiger partial charge is 0.462 e. The van der Waals surface area contributed by atoms with Gasteiger partial charge in [0.15, 0.2) is 0 Å². The van der Waals surface area contributed by atoms with Crippen LogP contribution in [0.5, 0.6) is 0 Å². The van der Waals surface area contributed by atoms with Gasteiger partial charge >= 0.3 is 11.9 Å². The van der Waals surface area contributed by atoms with Crippen molar-refractivity contribution in [2.24, 2.45) is 0 Å². The van der Waals surface area contributed by atoms with E-state index in [0.29, 0.717) is 16.8 Å². The molecule has 0 spiro atoms. The Morgan fingerprint density at radius 2 is 1.74 bits per heavy atom. The average Bonchev–Trinajstić information content (AvgIpc) is 2.80. The van der Waals surface area contributed by atoms with Crippen molar-refractivity contribution in [2.75, 3.05) is 11.9 Å². The molecule has 1 fully saturated rings. The Labute approximate surface area is 181 Å². The minimum absolute atomic E-state index is 0.0226. The van der Waals surface area contributed by atoms with Gasteiger partial charge in [-0.3, -0.25) is 4.98 Å². The topological polar surface area (TPSA) is 77.5 Å². The van der Waals surface area contributed by atoms with E-state index in [4.69, 9.17) is 9.47 Å². The number of nitrogens with zero attached hydrogens (tertiary/aromatic N) is 1. The summed E-state index contributed by atoms with van der Waals surface area (Å²) in [4.78, 5) is 29.3. The molecule has 2 aromatic carbocycles. The number of para-hydroxylation sites is 1. The molecular formula is C25H26N2O4. The summed E-state index contributed by atoms with van der Waals surface area (Å²) >= 11 is 0. The molecule has 1 aliphatic carbocycles. The zero-order valence-electron chi connectivity index (χ0n) is 17.6. The van der Waals surface area contributed by atoms with Gasteiger partial charge in [-0.15, -0.1) is 0 Å². The van der Waals surface area contributed by atoms with Crippen LogP contribution in [0.15, 0.2) is 54.7 Å². The second-order valence-corrected chi connectivity index (χ2v) is 7.65. The molecule has 0 unspecified atom stereocenters. The first-order valence-electron chi connectivity index (χ1n) is 10.8. The summed E-state index contributed by atoms with van der Waals surface area (Å²) in [6.45, 7) is 2.05. The molecule has 160 valence electrons. The maximum atomic E-state index is 12.5. The number of fused-ring (bicyclic) bond motifs is 1. The highest BCUT2D eigenvalue weighted by molar-refractivity contribution is 6.06. The van der Waals surface area contributed by atoms with Gasteiger partial charge < -0.3 is 14.8 Å². The van der Waals surface area contributed by atoms with Crippen molar-refractivity contribution >= 4 is 34.2 Å². The Morgan fingerprint density at radius 3 is 2.48 bits per heavy atom. The molecule has 0 saturated heterocycles. The Morgan fingerprint density at radius 1 is 1.00 bits per heavy atom. The minimum Gasteiger partial charge on any atom is -0.462 e. The molecule has 0 amide bonds. The van der Waals surface area contributed by atoms with Crippen LogP contribution < -0.4 is 5.32 Å². The molecule has 1 N–H and O–H groups in total. The summed E-state index contributed by atoms with van der Waals surface area (Å²) in [6.07, 6.45) is 6.88. The van der Waals surface area contributed by atoms with E-state index in [9.17, 15) is 9.59 Å². The fourth-order valence-electron chi connectivity index (χ4n) is 3.88. The zero-order chi connectivity index (χ0) is 21.6. The van der Waals surface area contributed by atoms with E-state index in [1.54, 1.807) is 19.1 Å². The molecule has 1 aromatic heterocycles. The van der Waals surface area contributed by atoms with Crippen molar-refractivity contribution in [1.29, 1.82) is 0 Å².